The summed E-state index contributed by atoms with van der Waals surface area (Å²) in [6, 6.07) is 184. The average Bonchev–Trinajstić information content (AvgIpc) is 1.59. The van der Waals surface area contributed by atoms with E-state index in [1.165, 1.54) is 307 Å². The Balaban J connectivity index is 0.541. The topological polar surface area (TPSA) is 0 Å². The average molecular weight is 1830 g/mol. The van der Waals surface area contributed by atoms with Crippen LogP contribution in [0.5, 0.6) is 0 Å². The van der Waals surface area contributed by atoms with E-state index in [1.54, 1.807) is 0 Å². The second-order valence-corrected chi connectivity index (χ2v) is 41.1. The quantitative estimate of drug-likeness (QED) is 0.113. The molecule has 3 heterocycles. The molecule has 3 aromatic heterocycles. The summed E-state index contributed by atoms with van der Waals surface area (Å²) in [4.78, 5) is 0. The number of benzene rings is 27. The van der Waals surface area contributed by atoms with Gasteiger partial charge in [0.2, 0.25) is 0 Å². The molecular weight excluding hydrogens is 1750 g/mol. The predicted octanol–water partition coefficient (Wildman–Crippen LogP) is 41.0. The molecule has 0 saturated heterocycles. The summed E-state index contributed by atoms with van der Waals surface area (Å²) in [6.07, 6.45) is 0. The minimum atomic E-state index is 1.16. The Hall–Kier alpha value is -17.3. The Kier molecular flexibility index (Phi) is 17.9. The van der Waals surface area contributed by atoms with Crippen LogP contribution in [0.15, 0.2) is 485 Å². The van der Waals surface area contributed by atoms with E-state index in [0.717, 1.165) is 5.56 Å². The van der Waals surface area contributed by atoms with Crippen molar-refractivity contribution in [2.24, 2.45) is 0 Å². The first-order valence-corrected chi connectivity index (χ1v) is 51.2. The maximum absolute atomic E-state index is 2.54. The van der Waals surface area contributed by atoms with E-state index in [1.807, 2.05) is 34.0 Å². The monoisotopic (exact) mass is 1830 g/mol. The van der Waals surface area contributed by atoms with Gasteiger partial charge in [0.1, 0.15) is 0 Å². The fourth-order valence-corrected chi connectivity index (χ4v) is 28.3. The molecule has 141 heavy (non-hydrogen) atoms. The normalized spacial score (nSPS) is 12.1. The molecule has 0 bridgehead atoms. The standard InChI is InChI=1S/C138H80S3/c1-2-32-84-71-88(70-67-81(84)31-1)82-65-68-83(69-66-82)127-101-46-14-18-50-105(101)131(106-51-19-15-47-102(106)127)118-63-30-64-119-133-124(76-91-37-7-10-43-98(91)138(133)141-137(118)119)121-77-93(73-89-35-5-9-41-96(89)121)85-38-27-39-92(72-85)128-103-48-16-20-52-107(103)130(108-53-21-17-49-104(108)128)117-62-29-60-115-125-80-122(99-44-12-26-58-113(99)136(125)140-135(115)117)120-78-94(74-90-36-6-8-40-95(90)120)97-42-11-13-45-100(97)129-109-54-22-24-56-111(109)132(112-57-25-23-55-110(112)129)116-61-28-59-114-123-75-86-33-3-4-34-87(86)79-126(123)139-134(114)116/h1-80H. The molecule has 0 aliphatic carbocycles. The molecule has 0 nitrogen and oxygen atoms in total. The highest BCUT2D eigenvalue weighted by molar-refractivity contribution is 7.28. The van der Waals surface area contributed by atoms with Crippen molar-refractivity contribution in [2.75, 3.05) is 0 Å². The highest BCUT2D eigenvalue weighted by Crippen LogP contribution is 2.58. The third kappa shape index (κ3) is 12.3. The van der Waals surface area contributed by atoms with Gasteiger partial charge in [-0.05, 0) is 290 Å². The number of hydrogen-bond donors (Lipinski definition) is 0. The van der Waals surface area contributed by atoms with Crippen LogP contribution in [-0.2, 0) is 0 Å². The van der Waals surface area contributed by atoms with Crippen LogP contribution in [-0.4, -0.2) is 0 Å². The maximum atomic E-state index is 2.54. The number of rotatable bonds is 11. The van der Waals surface area contributed by atoms with Crippen LogP contribution >= 0.6 is 34.0 Å². The summed E-state index contributed by atoms with van der Waals surface area (Å²) in [7, 11) is 0. The van der Waals surface area contributed by atoms with Crippen molar-refractivity contribution in [3.8, 4) is 122 Å². The summed E-state index contributed by atoms with van der Waals surface area (Å²) in [5.74, 6) is 0. The van der Waals surface area contributed by atoms with Gasteiger partial charge in [-0.15, -0.1) is 34.0 Å². The molecule has 650 valence electrons. The molecule has 0 aliphatic rings. The van der Waals surface area contributed by atoms with Crippen LogP contribution in [0.3, 0.4) is 0 Å². The van der Waals surface area contributed by atoms with Crippen molar-refractivity contribution in [3.63, 3.8) is 0 Å². The second-order valence-electron chi connectivity index (χ2n) is 38.0. The number of fused-ring (bicyclic) bond motifs is 23. The molecule has 0 fully saturated rings. The lowest BCUT2D eigenvalue weighted by Gasteiger charge is -2.20. The molecule has 30 rings (SSSR count). The molecule has 0 spiro atoms. The summed E-state index contributed by atoms with van der Waals surface area (Å²) in [6.45, 7) is 0. The SMILES string of the molecule is c1cc(-c2cc(-c3cc4ccccc4c4sc5c(-c6c7ccccc7c(-c7ccc(-c8ccc9ccccc9c8)cc7)c7ccccc67)cccc5c34)c3ccccc3c2)cc(-c2c3ccccc3c(-c3cccc4c3sc3c5ccccc5c(-c5cc(-c6ccccc6-c6c7ccccc7c(-c7cccc8c7sc7cc9ccccc9cc78)c7ccccc67)cc6ccccc56)cc43)c3ccccc23)c1. The van der Waals surface area contributed by atoms with Crippen molar-refractivity contribution in [2.45, 2.75) is 0 Å². The third-order valence-corrected chi connectivity index (χ3v) is 34.3. The van der Waals surface area contributed by atoms with Gasteiger partial charge in [0.05, 0.1) is 0 Å². The second kappa shape index (κ2) is 31.6. The molecule has 0 aliphatic heterocycles. The van der Waals surface area contributed by atoms with E-state index in [-0.39, 0.29) is 0 Å². The zero-order valence-corrected chi connectivity index (χ0v) is 78.9. The highest BCUT2D eigenvalue weighted by Gasteiger charge is 2.29. The minimum absolute atomic E-state index is 1.16. The summed E-state index contributed by atoms with van der Waals surface area (Å²) >= 11 is 5.81. The van der Waals surface area contributed by atoms with Crippen LogP contribution in [0.25, 0.3) is 312 Å². The first-order valence-electron chi connectivity index (χ1n) is 48.7. The molecule has 0 atom stereocenters. The molecule has 0 N–H and O–H groups in total. The van der Waals surface area contributed by atoms with E-state index in [4.69, 9.17) is 0 Å². The first-order chi connectivity index (χ1) is 69.9. The van der Waals surface area contributed by atoms with E-state index in [0.29, 0.717) is 0 Å². The van der Waals surface area contributed by atoms with Gasteiger partial charge < -0.3 is 0 Å². The van der Waals surface area contributed by atoms with Gasteiger partial charge in [0.25, 0.3) is 0 Å². The fraction of sp³-hybridized carbons (Fsp3) is 0. The van der Waals surface area contributed by atoms with Crippen molar-refractivity contribution in [3.05, 3.63) is 485 Å². The zero-order valence-electron chi connectivity index (χ0n) is 76.4. The lowest BCUT2D eigenvalue weighted by atomic mass is 9.83. The van der Waals surface area contributed by atoms with Crippen molar-refractivity contribution < 1.29 is 0 Å². The minimum Gasteiger partial charge on any atom is -0.135 e. The molecule has 0 radical (unpaired) electrons. The van der Waals surface area contributed by atoms with Crippen LogP contribution in [0, 0.1) is 0 Å². The van der Waals surface area contributed by atoms with Crippen molar-refractivity contribution in [1.29, 1.82) is 0 Å². The highest BCUT2D eigenvalue weighted by atomic mass is 32.1. The van der Waals surface area contributed by atoms with Gasteiger partial charge in [-0.2, -0.15) is 0 Å². The zero-order chi connectivity index (χ0) is 92.2. The van der Waals surface area contributed by atoms with Crippen LogP contribution < -0.4 is 0 Å². The fourth-order valence-electron chi connectivity index (χ4n) is 24.3. The van der Waals surface area contributed by atoms with Crippen LogP contribution in [0.2, 0.25) is 0 Å². The Labute approximate surface area is 824 Å². The van der Waals surface area contributed by atoms with Gasteiger partial charge in [-0.3, -0.25) is 0 Å². The van der Waals surface area contributed by atoms with Gasteiger partial charge >= 0.3 is 0 Å². The molecule has 27 aromatic carbocycles. The van der Waals surface area contributed by atoms with Gasteiger partial charge in [0, 0.05) is 82.6 Å². The predicted molar refractivity (Wildman–Crippen MR) is 615 cm³/mol. The van der Waals surface area contributed by atoms with Crippen molar-refractivity contribution in [1.82, 2.24) is 0 Å². The number of hydrogen-bond acceptors (Lipinski definition) is 3. The lowest BCUT2D eigenvalue weighted by molar-refractivity contribution is 1.62. The van der Waals surface area contributed by atoms with Crippen LogP contribution in [0.4, 0.5) is 0 Å². The largest absolute Gasteiger partial charge is 0.135 e. The van der Waals surface area contributed by atoms with E-state index >= 15 is 0 Å². The first kappa shape index (κ1) is 79.9. The molecule has 0 unspecified atom stereocenters. The summed E-state index contributed by atoms with van der Waals surface area (Å²) < 4.78 is 7.78. The molecule has 3 heteroatoms. The van der Waals surface area contributed by atoms with E-state index < -0.39 is 0 Å². The summed E-state index contributed by atoms with van der Waals surface area (Å²) in [5.41, 5.74) is 26.9. The molecule has 30 aromatic rings. The van der Waals surface area contributed by atoms with E-state index in [9.17, 15) is 0 Å². The molecular formula is C138H80S3. The Morgan fingerprint density at radius 2 is 0.433 bits per heavy atom. The van der Waals surface area contributed by atoms with Crippen LogP contribution in [0.1, 0.15) is 0 Å². The van der Waals surface area contributed by atoms with Crippen molar-refractivity contribution >= 4 is 224 Å². The Morgan fingerprint density at radius 1 is 0.106 bits per heavy atom. The maximum Gasteiger partial charge on any atom is 0.0440 e. The molecule has 0 saturated carbocycles. The van der Waals surface area contributed by atoms with Gasteiger partial charge in [0.15, 0.2) is 0 Å². The Bertz CT molecular complexity index is 10500. The number of thiophene rings is 3. The van der Waals surface area contributed by atoms with Gasteiger partial charge in [-0.25, -0.2) is 0 Å². The van der Waals surface area contributed by atoms with Gasteiger partial charge in [-0.1, -0.05) is 425 Å². The third-order valence-electron chi connectivity index (χ3n) is 30.5. The van der Waals surface area contributed by atoms with E-state index in [2.05, 4.69) is 485 Å². The Morgan fingerprint density at radius 3 is 0.993 bits per heavy atom. The molecule has 0 amide bonds. The smallest absolute Gasteiger partial charge is 0.0440 e. The lowest BCUT2D eigenvalue weighted by Crippen LogP contribution is -1.93. The summed E-state index contributed by atoms with van der Waals surface area (Å²) in [5, 5.41) is 37.4.